The van der Waals surface area contributed by atoms with Gasteiger partial charge in [0, 0.05) is 11.8 Å². The summed E-state index contributed by atoms with van der Waals surface area (Å²) in [5.74, 6) is -0.170. The molecule has 1 nitrogen and oxygen atoms in total. The number of halogens is 2. The maximum atomic E-state index is 13.2. The Morgan fingerprint density at radius 3 is 2.59 bits per heavy atom. The molecule has 0 aliphatic rings. The van der Waals surface area contributed by atoms with Gasteiger partial charge in [0.25, 0.3) is 0 Å². The largest absolute Gasteiger partial charge is 0.299 e. The Hall–Kier alpha value is -0.890. The molecule has 0 radical (unpaired) electrons. The first-order chi connectivity index (χ1) is 7.82. The SMILES string of the molecule is CC(C)(C)C(=O)CCCc1cccc(F)c1Cl. The van der Waals surface area contributed by atoms with E-state index in [1.165, 1.54) is 6.07 Å². The molecule has 1 aromatic carbocycles. The number of aryl methyl sites for hydroxylation is 1. The van der Waals surface area contributed by atoms with Crippen molar-refractivity contribution in [2.75, 3.05) is 0 Å². The van der Waals surface area contributed by atoms with Crippen LogP contribution in [0.15, 0.2) is 18.2 Å². The Morgan fingerprint density at radius 2 is 2.00 bits per heavy atom. The average Bonchev–Trinajstić information content (AvgIpc) is 2.22. The summed E-state index contributed by atoms with van der Waals surface area (Å²) in [6, 6.07) is 4.78. The van der Waals surface area contributed by atoms with Gasteiger partial charge in [-0.05, 0) is 24.5 Å². The van der Waals surface area contributed by atoms with E-state index in [0.717, 1.165) is 5.56 Å². The van der Waals surface area contributed by atoms with Crippen LogP contribution in [-0.2, 0) is 11.2 Å². The maximum absolute atomic E-state index is 13.2. The molecule has 0 aliphatic heterocycles. The second-order valence-corrected chi connectivity index (χ2v) is 5.62. The predicted molar refractivity (Wildman–Crippen MR) is 68.8 cm³/mol. The molecule has 0 aromatic heterocycles. The number of carbonyl (C=O) groups is 1. The Bertz CT molecular complexity index is 407. The molecule has 0 unspecified atom stereocenters. The lowest BCUT2D eigenvalue weighted by Crippen LogP contribution is -2.19. The molecule has 0 saturated carbocycles. The van der Waals surface area contributed by atoms with Crippen molar-refractivity contribution in [2.45, 2.75) is 40.0 Å². The third-order valence-corrected chi connectivity index (χ3v) is 3.14. The highest BCUT2D eigenvalue weighted by Gasteiger charge is 2.20. The highest BCUT2D eigenvalue weighted by atomic mass is 35.5. The molecule has 0 bridgehead atoms. The lowest BCUT2D eigenvalue weighted by atomic mass is 9.87. The molecule has 0 saturated heterocycles. The number of rotatable bonds is 4. The number of benzene rings is 1. The van der Waals surface area contributed by atoms with Crippen molar-refractivity contribution >= 4 is 17.4 Å². The molecule has 1 aromatic rings. The van der Waals surface area contributed by atoms with Crippen molar-refractivity contribution in [3.05, 3.63) is 34.6 Å². The molecule has 3 heteroatoms. The third-order valence-electron chi connectivity index (χ3n) is 2.72. The summed E-state index contributed by atoms with van der Waals surface area (Å²) in [7, 11) is 0. The Morgan fingerprint density at radius 1 is 1.35 bits per heavy atom. The standard InChI is InChI=1S/C14H18ClFO/c1-14(2,3)12(17)9-5-7-10-6-4-8-11(16)13(10)15/h4,6,8H,5,7,9H2,1-3H3. The molecule has 0 N–H and O–H groups in total. The minimum absolute atomic E-state index is 0.177. The summed E-state index contributed by atoms with van der Waals surface area (Å²) in [4.78, 5) is 11.7. The fourth-order valence-electron chi connectivity index (χ4n) is 1.56. The monoisotopic (exact) mass is 256 g/mol. The lowest BCUT2D eigenvalue weighted by molar-refractivity contribution is -0.126. The van der Waals surface area contributed by atoms with E-state index in [0.29, 0.717) is 19.3 Å². The minimum atomic E-state index is -0.397. The van der Waals surface area contributed by atoms with Gasteiger partial charge in [-0.3, -0.25) is 4.79 Å². The van der Waals surface area contributed by atoms with E-state index in [1.807, 2.05) is 20.8 Å². The van der Waals surface area contributed by atoms with Gasteiger partial charge < -0.3 is 0 Å². The van der Waals surface area contributed by atoms with Crippen molar-refractivity contribution in [3.8, 4) is 0 Å². The molecule has 1 rings (SSSR count). The van der Waals surface area contributed by atoms with Crippen molar-refractivity contribution in [3.63, 3.8) is 0 Å². The minimum Gasteiger partial charge on any atom is -0.299 e. The van der Waals surface area contributed by atoms with Gasteiger partial charge in [-0.15, -0.1) is 0 Å². The van der Waals surface area contributed by atoms with Gasteiger partial charge in [-0.25, -0.2) is 4.39 Å². The van der Waals surface area contributed by atoms with E-state index in [4.69, 9.17) is 11.6 Å². The van der Waals surface area contributed by atoms with E-state index < -0.39 is 5.82 Å². The quantitative estimate of drug-likeness (QED) is 0.780. The van der Waals surface area contributed by atoms with Crippen LogP contribution >= 0.6 is 11.6 Å². The lowest BCUT2D eigenvalue weighted by Gasteiger charge is -2.16. The highest BCUT2D eigenvalue weighted by molar-refractivity contribution is 6.31. The van der Waals surface area contributed by atoms with Crippen LogP contribution in [0, 0.1) is 11.2 Å². The number of ketones is 1. The van der Waals surface area contributed by atoms with Crippen LogP contribution in [0.1, 0.15) is 39.2 Å². The summed E-state index contributed by atoms with van der Waals surface area (Å²) in [6.45, 7) is 5.72. The second kappa shape index (κ2) is 5.63. The molecule has 0 amide bonds. The van der Waals surface area contributed by atoms with Gasteiger partial charge in [0.1, 0.15) is 11.6 Å². The van der Waals surface area contributed by atoms with Gasteiger partial charge in [-0.2, -0.15) is 0 Å². The summed E-state index contributed by atoms with van der Waals surface area (Å²) >= 11 is 5.84. The van der Waals surface area contributed by atoms with Gasteiger partial charge in [-0.1, -0.05) is 44.5 Å². The van der Waals surface area contributed by atoms with Crippen LogP contribution in [0.3, 0.4) is 0 Å². The smallest absolute Gasteiger partial charge is 0.142 e. The fraction of sp³-hybridized carbons (Fsp3) is 0.500. The van der Waals surface area contributed by atoms with Crippen LogP contribution in [-0.4, -0.2) is 5.78 Å². The van der Waals surface area contributed by atoms with E-state index in [2.05, 4.69) is 0 Å². The van der Waals surface area contributed by atoms with Gasteiger partial charge in [0.05, 0.1) is 5.02 Å². The van der Waals surface area contributed by atoms with Crippen molar-refractivity contribution in [2.24, 2.45) is 5.41 Å². The third kappa shape index (κ3) is 4.12. The van der Waals surface area contributed by atoms with E-state index in [1.54, 1.807) is 12.1 Å². The average molecular weight is 257 g/mol. The molecule has 0 aliphatic carbocycles. The molecule has 94 valence electrons. The van der Waals surface area contributed by atoms with E-state index in [9.17, 15) is 9.18 Å². The number of hydrogen-bond acceptors (Lipinski definition) is 1. The van der Waals surface area contributed by atoms with Gasteiger partial charge >= 0.3 is 0 Å². The molecule has 17 heavy (non-hydrogen) atoms. The van der Waals surface area contributed by atoms with Crippen LogP contribution < -0.4 is 0 Å². The van der Waals surface area contributed by atoms with Crippen molar-refractivity contribution < 1.29 is 9.18 Å². The zero-order valence-electron chi connectivity index (χ0n) is 10.5. The number of Topliss-reactive ketones (excluding diaryl/α,β-unsaturated/α-hetero) is 1. The zero-order valence-corrected chi connectivity index (χ0v) is 11.3. The predicted octanol–water partition coefficient (Wildman–Crippen LogP) is 4.42. The second-order valence-electron chi connectivity index (χ2n) is 5.24. The van der Waals surface area contributed by atoms with E-state index >= 15 is 0 Å². The van der Waals surface area contributed by atoms with Crippen molar-refractivity contribution in [1.29, 1.82) is 0 Å². The molecule has 0 fully saturated rings. The molecule has 0 spiro atoms. The zero-order chi connectivity index (χ0) is 13.1. The molecule has 0 heterocycles. The normalized spacial score (nSPS) is 11.6. The van der Waals surface area contributed by atoms with Gasteiger partial charge in [0.2, 0.25) is 0 Å². The highest BCUT2D eigenvalue weighted by Crippen LogP contribution is 2.23. The van der Waals surface area contributed by atoms with Crippen LogP contribution in [0.25, 0.3) is 0 Å². The first-order valence-corrected chi connectivity index (χ1v) is 6.16. The molecular formula is C14H18ClFO. The summed E-state index contributed by atoms with van der Waals surface area (Å²) in [5, 5.41) is 0.177. The van der Waals surface area contributed by atoms with Gasteiger partial charge in [0.15, 0.2) is 0 Å². The topological polar surface area (TPSA) is 17.1 Å². The fourth-order valence-corrected chi connectivity index (χ4v) is 1.78. The Kier molecular flexibility index (Phi) is 4.70. The van der Waals surface area contributed by atoms with Crippen LogP contribution in [0.2, 0.25) is 5.02 Å². The first kappa shape index (κ1) is 14.2. The summed E-state index contributed by atoms with van der Waals surface area (Å²) in [6.07, 6.45) is 1.86. The van der Waals surface area contributed by atoms with Crippen molar-refractivity contribution in [1.82, 2.24) is 0 Å². The Balaban J connectivity index is 2.52. The first-order valence-electron chi connectivity index (χ1n) is 5.78. The van der Waals surface area contributed by atoms with E-state index in [-0.39, 0.29) is 16.2 Å². The summed E-state index contributed by atoms with van der Waals surface area (Å²) < 4.78 is 13.2. The van der Waals surface area contributed by atoms with Crippen LogP contribution in [0.5, 0.6) is 0 Å². The van der Waals surface area contributed by atoms with Crippen LogP contribution in [0.4, 0.5) is 4.39 Å². The number of carbonyl (C=O) groups excluding carboxylic acids is 1. The summed E-state index contributed by atoms with van der Waals surface area (Å²) in [5.41, 5.74) is 0.472. The maximum Gasteiger partial charge on any atom is 0.142 e. The number of hydrogen-bond donors (Lipinski definition) is 0. The molecular weight excluding hydrogens is 239 g/mol. The molecule has 0 atom stereocenters. The Labute approximate surface area is 107 Å².